The standard InChI is InChI=1S/C24H24FNO4/c1-16-6-4-9-21(12-16)29-11-10-24(28)30-15-23(27)22-13-17(2)26(18(22)3)20-8-5-7-19(25)14-20/h4-9,12-14H,10-11,15H2,1-3H3. The predicted octanol–water partition coefficient (Wildman–Crippen LogP) is 4.74. The molecule has 0 aliphatic carbocycles. The molecule has 3 aromatic rings. The minimum absolute atomic E-state index is 0.0452. The van der Waals surface area contributed by atoms with E-state index in [2.05, 4.69) is 0 Å². The Balaban J connectivity index is 1.56. The van der Waals surface area contributed by atoms with Crippen LogP contribution in [0.4, 0.5) is 4.39 Å². The Bertz CT molecular complexity index is 1070. The van der Waals surface area contributed by atoms with Gasteiger partial charge in [0.2, 0.25) is 5.78 Å². The number of Topliss-reactive ketones (excluding diaryl/α,β-unsaturated/α-hetero) is 1. The van der Waals surface area contributed by atoms with Crippen LogP contribution in [0.25, 0.3) is 5.69 Å². The van der Waals surface area contributed by atoms with E-state index in [0.29, 0.717) is 22.7 Å². The predicted molar refractivity (Wildman–Crippen MR) is 112 cm³/mol. The second-order valence-corrected chi connectivity index (χ2v) is 7.10. The van der Waals surface area contributed by atoms with Crippen LogP contribution in [0.2, 0.25) is 0 Å². The van der Waals surface area contributed by atoms with Gasteiger partial charge < -0.3 is 14.0 Å². The fourth-order valence-corrected chi connectivity index (χ4v) is 3.31. The summed E-state index contributed by atoms with van der Waals surface area (Å²) in [5.74, 6) is -0.480. The number of carbonyl (C=O) groups excluding carboxylic acids is 2. The van der Waals surface area contributed by atoms with Gasteiger partial charge in [-0.2, -0.15) is 0 Å². The molecule has 0 spiro atoms. The van der Waals surface area contributed by atoms with E-state index in [1.807, 2.05) is 38.1 Å². The van der Waals surface area contributed by atoms with Gasteiger partial charge in [-0.1, -0.05) is 18.2 Å². The first-order valence-corrected chi connectivity index (χ1v) is 9.68. The fourth-order valence-electron chi connectivity index (χ4n) is 3.31. The second kappa shape index (κ2) is 9.39. The number of carbonyl (C=O) groups is 2. The highest BCUT2D eigenvalue weighted by Gasteiger charge is 2.18. The van der Waals surface area contributed by atoms with Crippen molar-refractivity contribution in [3.05, 3.63) is 82.9 Å². The SMILES string of the molecule is Cc1cccc(OCCC(=O)OCC(=O)c2cc(C)n(-c3cccc(F)c3)c2C)c1. The van der Waals surface area contributed by atoms with E-state index in [1.54, 1.807) is 29.7 Å². The van der Waals surface area contributed by atoms with Crippen LogP contribution >= 0.6 is 0 Å². The van der Waals surface area contributed by atoms with Gasteiger partial charge in [0.05, 0.1) is 13.0 Å². The summed E-state index contributed by atoms with van der Waals surface area (Å²) in [6.07, 6.45) is 0.0452. The van der Waals surface area contributed by atoms with Crippen LogP contribution in [0, 0.1) is 26.6 Å². The molecule has 3 rings (SSSR count). The molecule has 0 fully saturated rings. The summed E-state index contributed by atoms with van der Waals surface area (Å²) in [5, 5.41) is 0. The largest absolute Gasteiger partial charge is 0.493 e. The molecule has 0 saturated carbocycles. The smallest absolute Gasteiger partial charge is 0.309 e. The minimum Gasteiger partial charge on any atom is -0.493 e. The maximum Gasteiger partial charge on any atom is 0.309 e. The number of ketones is 1. The van der Waals surface area contributed by atoms with Crippen molar-refractivity contribution in [3.63, 3.8) is 0 Å². The van der Waals surface area contributed by atoms with Crippen molar-refractivity contribution < 1.29 is 23.5 Å². The van der Waals surface area contributed by atoms with Gasteiger partial charge in [-0.15, -0.1) is 0 Å². The molecule has 0 radical (unpaired) electrons. The van der Waals surface area contributed by atoms with Gasteiger partial charge in [0.1, 0.15) is 11.6 Å². The van der Waals surface area contributed by atoms with Crippen LogP contribution in [0.1, 0.15) is 33.7 Å². The Morgan fingerprint density at radius 3 is 2.50 bits per heavy atom. The van der Waals surface area contributed by atoms with Gasteiger partial charge in [-0.25, -0.2) is 4.39 Å². The van der Waals surface area contributed by atoms with Crippen LogP contribution in [0.5, 0.6) is 5.75 Å². The van der Waals surface area contributed by atoms with E-state index >= 15 is 0 Å². The van der Waals surface area contributed by atoms with E-state index in [1.165, 1.54) is 12.1 Å². The Morgan fingerprint density at radius 2 is 1.77 bits per heavy atom. The zero-order valence-corrected chi connectivity index (χ0v) is 17.3. The summed E-state index contributed by atoms with van der Waals surface area (Å²) in [6, 6.07) is 15.4. The summed E-state index contributed by atoms with van der Waals surface area (Å²) in [7, 11) is 0. The number of nitrogens with zero attached hydrogens (tertiary/aromatic N) is 1. The molecule has 0 saturated heterocycles. The normalized spacial score (nSPS) is 10.7. The quantitative estimate of drug-likeness (QED) is 0.398. The Morgan fingerprint density at radius 1 is 1.00 bits per heavy atom. The number of halogens is 1. The number of ether oxygens (including phenoxy) is 2. The van der Waals surface area contributed by atoms with Crippen LogP contribution in [-0.2, 0) is 9.53 Å². The summed E-state index contributed by atoms with van der Waals surface area (Å²) in [5.41, 5.74) is 3.60. The summed E-state index contributed by atoms with van der Waals surface area (Å²) in [4.78, 5) is 24.5. The Labute approximate surface area is 175 Å². The first-order valence-electron chi connectivity index (χ1n) is 9.68. The number of aryl methyl sites for hydroxylation is 2. The van der Waals surface area contributed by atoms with E-state index in [4.69, 9.17) is 9.47 Å². The first-order chi connectivity index (χ1) is 14.3. The van der Waals surface area contributed by atoms with Crippen molar-refractivity contribution in [1.29, 1.82) is 0 Å². The molecular formula is C24H24FNO4. The lowest BCUT2D eigenvalue weighted by atomic mass is 10.1. The molecule has 0 aliphatic heterocycles. The van der Waals surface area contributed by atoms with Crippen LogP contribution in [0.15, 0.2) is 54.6 Å². The summed E-state index contributed by atoms with van der Waals surface area (Å²) < 4.78 is 26.0. The Hall–Kier alpha value is -3.41. The highest BCUT2D eigenvalue weighted by atomic mass is 19.1. The van der Waals surface area contributed by atoms with Crippen molar-refractivity contribution in [3.8, 4) is 11.4 Å². The number of rotatable bonds is 8. The molecule has 6 heteroatoms. The maximum atomic E-state index is 13.6. The zero-order valence-electron chi connectivity index (χ0n) is 17.3. The van der Waals surface area contributed by atoms with Crippen molar-refractivity contribution in [2.24, 2.45) is 0 Å². The third-order valence-corrected chi connectivity index (χ3v) is 4.73. The molecule has 156 valence electrons. The number of hydrogen-bond acceptors (Lipinski definition) is 4. The molecule has 0 unspecified atom stereocenters. The lowest BCUT2D eigenvalue weighted by molar-refractivity contribution is -0.143. The molecule has 30 heavy (non-hydrogen) atoms. The van der Waals surface area contributed by atoms with Crippen molar-refractivity contribution in [1.82, 2.24) is 4.57 Å². The molecule has 0 N–H and O–H groups in total. The van der Waals surface area contributed by atoms with Gasteiger partial charge in [-0.05, 0) is 62.7 Å². The number of hydrogen-bond donors (Lipinski definition) is 0. The number of aromatic nitrogens is 1. The van der Waals surface area contributed by atoms with Gasteiger partial charge in [0.25, 0.3) is 0 Å². The lowest BCUT2D eigenvalue weighted by Gasteiger charge is -2.10. The third kappa shape index (κ3) is 5.14. The molecule has 0 bridgehead atoms. The van der Waals surface area contributed by atoms with Gasteiger partial charge in [0.15, 0.2) is 6.61 Å². The number of esters is 1. The summed E-state index contributed by atoms with van der Waals surface area (Å²) in [6.45, 7) is 5.39. The molecule has 0 atom stereocenters. The van der Waals surface area contributed by atoms with Crippen molar-refractivity contribution >= 4 is 11.8 Å². The molecule has 0 aliphatic rings. The molecule has 2 aromatic carbocycles. The molecule has 1 heterocycles. The average Bonchev–Trinajstić information content (AvgIpc) is 3.00. The fraction of sp³-hybridized carbons (Fsp3) is 0.250. The minimum atomic E-state index is -0.505. The second-order valence-electron chi connectivity index (χ2n) is 7.10. The van der Waals surface area contributed by atoms with E-state index < -0.39 is 5.97 Å². The average molecular weight is 409 g/mol. The molecule has 0 amide bonds. The van der Waals surface area contributed by atoms with Crippen LogP contribution in [0.3, 0.4) is 0 Å². The topological polar surface area (TPSA) is 57.5 Å². The van der Waals surface area contributed by atoms with Gasteiger partial charge >= 0.3 is 5.97 Å². The maximum absolute atomic E-state index is 13.6. The lowest BCUT2D eigenvalue weighted by Crippen LogP contribution is -2.16. The van der Waals surface area contributed by atoms with Crippen LogP contribution in [-0.4, -0.2) is 29.5 Å². The van der Waals surface area contributed by atoms with E-state index in [-0.39, 0.29) is 31.2 Å². The zero-order chi connectivity index (χ0) is 21.7. The van der Waals surface area contributed by atoms with Crippen molar-refractivity contribution in [2.75, 3.05) is 13.2 Å². The van der Waals surface area contributed by atoms with E-state index in [0.717, 1.165) is 11.3 Å². The van der Waals surface area contributed by atoms with Gasteiger partial charge in [-0.3, -0.25) is 9.59 Å². The van der Waals surface area contributed by atoms with Crippen LogP contribution < -0.4 is 4.74 Å². The van der Waals surface area contributed by atoms with Crippen molar-refractivity contribution in [2.45, 2.75) is 27.2 Å². The third-order valence-electron chi connectivity index (χ3n) is 4.73. The van der Waals surface area contributed by atoms with Gasteiger partial charge in [0, 0.05) is 22.6 Å². The van der Waals surface area contributed by atoms with E-state index in [9.17, 15) is 14.0 Å². The monoisotopic (exact) mass is 409 g/mol. The molecule has 5 nitrogen and oxygen atoms in total. The molecular weight excluding hydrogens is 385 g/mol. The molecule has 1 aromatic heterocycles. The number of benzene rings is 2. The summed E-state index contributed by atoms with van der Waals surface area (Å²) >= 11 is 0. The highest BCUT2D eigenvalue weighted by Crippen LogP contribution is 2.22. The first kappa shape index (κ1) is 21.3. The highest BCUT2D eigenvalue weighted by molar-refractivity contribution is 5.99. The Kier molecular flexibility index (Phi) is 6.67.